The summed E-state index contributed by atoms with van der Waals surface area (Å²) in [5, 5.41) is 11.6. The fourth-order valence-electron chi connectivity index (χ4n) is 3.77. The molecular weight excluding hydrogens is 416 g/mol. The number of unbranched alkanes of at least 4 members (excludes halogenated alkanes) is 7. The van der Waals surface area contributed by atoms with Gasteiger partial charge in [-0.2, -0.15) is 0 Å². The van der Waals surface area contributed by atoms with E-state index in [9.17, 15) is 14.9 Å². The van der Waals surface area contributed by atoms with E-state index in [0.29, 0.717) is 12.2 Å². The van der Waals surface area contributed by atoms with Crippen LogP contribution in [0.2, 0.25) is 5.54 Å². The van der Waals surface area contributed by atoms with Gasteiger partial charge in [-0.15, -0.1) is 0 Å². The molecule has 0 saturated heterocycles. The van der Waals surface area contributed by atoms with Crippen LogP contribution in [-0.4, -0.2) is 47.5 Å². The van der Waals surface area contributed by atoms with Crippen molar-refractivity contribution in [3.63, 3.8) is 0 Å². The molecule has 0 fully saturated rings. The minimum absolute atomic E-state index is 0.0952. The van der Waals surface area contributed by atoms with Crippen molar-refractivity contribution >= 4 is 26.1 Å². The van der Waals surface area contributed by atoms with Crippen LogP contribution in [0.15, 0.2) is 24.3 Å². The number of para-hydroxylation sites is 2. The Hall–Kier alpha value is -1.81. The summed E-state index contributed by atoms with van der Waals surface area (Å²) in [5.74, 6) is -0.297. The molecular formula is C22H38N2O6Si. The second-order valence-corrected chi connectivity index (χ2v) is 10.9. The minimum atomic E-state index is -3.26. The van der Waals surface area contributed by atoms with Crippen LogP contribution in [0.25, 0.3) is 0 Å². The lowest BCUT2D eigenvalue weighted by molar-refractivity contribution is -0.384. The maximum Gasteiger partial charge on any atom is 0.512 e. The van der Waals surface area contributed by atoms with Crippen LogP contribution in [0.3, 0.4) is 0 Å². The standard InChI is InChI=1S/C22H38N2O6Si/c1-6-7-8-9-10-11-12-15-18-23(20-16-13-14-17-21(20)24(26)27)22(25)19(2)31(28-3,29-4)30-5/h13-14,16-17,19H,6-12,15,18H2,1-5H3. The third-order valence-corrected chi connectivity index (χ3v) is 8.64. The second-order valence-electron chi connectivity index (χ2n) is 7.65. The number of benzene rings is 1. The molecule has 0 spiro atoms. The van der Waals surface area contributed by atoms with E-state index in [1.807, 2.05) is 0 Å². The van der Waals surface area contributed by atoms with Gasteiger partial charge in [0.25, 0.3) is 5.69 Å². The zero-order chi connectivity index (χ0) is 23.3. The zero-order valence-corrected chi connectivity index (χ0v) is 20.6. The fourth-order valence-corrected chi connectivity index (χ4v) is 5.78. The Morgan fingerprint density at radius 3 is 2.03 bits per heavy atom. The first-order valence-corrected chi connectivity index (χ1v) is 12.9. The van der Waals surface area contributed by atoms with Gasteiger partial charge in [0.1, 0.15) is 11.2 Å². The molecule has 1 rings (SSSR count). The summed E-state index contributed by atoms with van der Waals surface area (Å²) >= 11 is 0. The third kappa shape index (κ3) is 7.67. The van der Waals surface area contributed by atoms with E-state index < -0.39 is 19.3 Å². The average Bonchev–Trinajstić information content (AvgIpc) is 2.79. The van der Waals surface area contributed by atoms with Crippen molar-refractivity contribution in [2.75, 3.05) is 32.8 Å². The highest BCUT2D eigenvalue weighted by Gasteiger charge is 2.50. The SMILES string of the molecule is CCCCCCCCCCN(C(=O)C(C)[Si](OC)(OC)OC)c1ccccc1[N+](=O)[O-]. The quantitative estimate of drug-likeness (QED) is 0.145. The van der Waals surface area contributed by atoms with E-state index in [0.717, 1.165) is 19.3 Å². The molecule has 0 N–H and O–H groups in total. The lowest BCUT2D eigenvalue weighted by atomic mass is 10.1. The van der Waals surface area contributed by atoms with Crippen LogP contribution in [0.1, 0.15) is 65.2 Å². The summed E-state index contributed by atoms with van der Waals surface area (Å²) in [6.45, 7) is 4.29. The summed E-state index contributed by atoms with van der Waals surface area (Å²) in [7, 11) is 1.11. The molecule has 0 saturated carbocycles. The molecule has 1 unspecified atom stereocenters. The molecule has 0 aliphatic carbocycles. The van der Waals surface area contributed by atoms with Gasteiger partial charge in [0.2, 0.25) is 5.91 Å². The smallest absolute Gasteiger partial charge is 0.376 e. The predicted octanol–water partition coefficient (Wildman–Crippen LogP) is 5.34. The van der Waals surface area contributed by atoms with Gasteiger partial charge < -0.3 is 18.2 Å². The number of carbonyl (C=O) groups excluding carboxylic acids is 1. The van der Waals surface area contributed by atoms with Gasteiger partial charge in [0.15, 0.2) is 0 Å². The molecule has 0 aliphatic rings. The van der Waals surface area contributed by atoms with Gasteiger partial charge >= 0.3 is 8.80 Å². The maximum absolute atomic E-state index is 13.5. The number of nitro benzene ring substituents is 1. The van der Waals surface area contributed by atoms with Crippen molar-refractivity contribution in [3.8, 4) is 0 Å². The first kappa shape index (κ1) is 27.2. The molecule has 1 atom stereocenters. The molecule has 1 amide bonds. The van der Waals surface area contributed by atoms with Crippen LogP contribution in [0.4, 0.5) is 11.4 Å². The zero-order valence-electron chi connectivity index (χ0n) is 19.6. The molecule has 0 heterocycles. The Kier molecular flexibility index (Phi) is 12.5. The fraction of sp³-hybridized carbons (Fsp3) is 0.682. The van der Waals surface area contributed by atoms with Crippen molar-refractivity contribution in [2.45, 2.75) is 70.8 Å². The van der Waals surface area contributed by atoms with Gasteiger partial charge in [-0.3, -0.25) is 14.9 Å². The average molecular weight is 455 g/mol. The van der Waals surface area contributed by atoms with Gasteiger partial charge in [-0.25, -0.2) is 0 Å². The Labute approximate surface area is 187 Å². The summed E-state index contributed by atoms with van der Waals surface area (Å²) < 4.78 is 16.5. The Bertz CT molecular complexity index is 675. The highest BCUT2D eigenvalue weighted by Crippen LogP contribution is 2.33. The molecule has 0 aromatic heterocycles. The lowest BCUT2D eigenvalue weighted by Crippen LogP contribution is -2.53. The van der Waals surface area contributed by atoms with E-state index in [1.54, 1.807) is 25.1 Å². The number of nitro groups is 1. The Morgan fingerprint density at radius 1 is 1.00 bits per heavy atom. The molecule has 176 valence electrons. The molecule has 1 aromatic rings. The molecule has 31 heavy (non-hydrogen) atoms. The highest BCUT2D eigenvalue weighted by atomic mass is 28.4. The number of amides is 1. The Morgan fingerprint density at radius 2 is 1.52 bits per heavy atom. The number of hydrogen-bond donors (Lipinski definition) is 0. The van der Waals surface area contributed by atoms with Crippen molar-refractivity contribution < 1.29 is 23.0 Å². The number of anilines is 1. The second kappa shape index (κ2) is 14.3. The minimum Gasteiger partial charge on any atom is -0.376 e. The predicted molar refractivity (Wildman–Crippen MR) is 124 cm³/mol. The van der Waals surface area contributed by atoms with E-state index in [1.165, 1.54) is 64.4 Å². The van der Waals surface area contributed by atoms with Crippen molar-refractivity contribution in [3.05, 3.63) is 34.4 Å². The summed E-state index contributed by atoms with van der Waals surface area (Å²) in [4.78, 5) is 26.1. The largest absolute Gasteiger partial charge is 0.512 e. The lowest BCUT2D eigenvalue weighted by Gasteiger charge is -2.33. The van der Waals surface area contributed by atoms with Crippen LogP contribution in [0, 0.1) is 10.1 Å². The topological polar surface area (TPSA) is 91.1 Å². The molecule has 8 nitrogen and oxygen atoms in total. The number of rotatable bonds is 16. The van der Waals surface area contributed by atoms with E-state index in [4.69, 9.17) is 13.3 Å². The normalized spacial score (nSPS) is 12.5. The third-order valence-electron chi connectivity index (χ3n) is 5.62. The summed E-state index contributed by atoms with van der Waals surface area (Å²) in [6.07, 6.45) is 8.95. The summed E-state index contributed by atoms with van der Waals surface area (Å²) in [6, 6.07) is 6.34. The molecule has 0 radical (unpaired) electrons. The molecule has 0 bridgehead atoms. The van der Waals surface area contributed by atoms with Crippen LogP contribution in [0.5, 0.6) is 0 Å². The van der Waals surface area contributed by atoms with E-state index >= 15 is 0 Å². The number of carbonyl (C=O) groups is 1. The van der Waals surface area contributed by atoms with Crippen molar-refractivity contribution in [2.24, 2.45) is 0 Å². The first-order chi connectivity index (χ1) is 14.9. The Balaban J connectivity index is 2.99. The van der Waals surface area contributed by atoms with Gasteiger partial charge in [0, 0.05) is 33.9 Å². The van der Waals surface area contributed by atoms with Gasteiger partial charge in [-0.05, 0) is 19.4 Å². The van der Waals surface area contributed by atoms with Gasteiger partial charge in [0.05, 0.1) is 4.92 Å². The van der Waals surface area contributed by atoms with E-state index in [2.05, 4.69) is 6.92 Å². The number of nitrogens with zero attached hydrogens (tertiary/aromatic N) is 2. The van der Waals surface area contributed by atoms with Crippen LogP contribution in [-0.2, 0) is 18.1 Å². The molecule has 0 aliphatic heterocycles. The monoisotopic (exact) mass is 454 g/mol. The highest BCUT2D eigenvalue weighted by molar-refractivity contribution is 6.66. The number of hydrogen-bond acceptors (Lipinski definition) is 6. The summed E-state index contributed by atoms with van der Waals surface area (Å²) in [5.41, 5.74) is -0.512. The van der Waals surface area contributed by atoms with Gasteiger partial charge in [-0.1, -0.05) is 64.0 Å². The molecule has 1 aromatic carbocycles. The van der Waals surface area contributed by atoms with E-state index in [-0.39, 0.29) is 11.6 Å². The van der Waals surface area contributed by atoms with Crippen molar-refractivity contribution in [1.82, 2.24) is 0 Å². The van der Waals surface area contributed by atoms with Crippen molar-refractivity contribution in [1.29, 1.82) is 0 Å². The maximum atomic E-state index is 13.5. The van der Waals surface area contributed by atoms with Crippen LogP contribution < -0.4 is 4.90 Å². The first-order valence-electron chi connectivity index (χ1n) is 11.1. The molecule has 9 heteroatoms. The van der Waals surface area contributed by atoms with Crippen LogP contribution >= 0.6 is 0 Å².